The summed E-state index contributed by atoms with van der Waals surface area (Å²) in [5, 5.41) is 3.79. The minimum Gasteiger partial charge on any atom is -0.399 e. The molecule has 0 radical (unpaired) electrons. The molecule has 0 aliphatic heterocycles. The number of rotatable bonds is 5. The van der Waals surface area contributed by atoms with E-state index in [1.54, 1.807) is 18.9 Å². The number of hydrogen-bond donors (Lipinski definition) is 0. The molecule has 3 heteroatoms. The van der Waals surface area contributed by atoms with Crippen LogP contribution in [0.5, 0.6) is 0 Å². The molecule has 0 unspecified atom stereocenters. The van der Waals surface area contributed by atoms with Crippen LogP contribution in [0.25, 0.3) is 0 Å². The number of thioether (sulfide) groups is 1. The molecule has 11 heavy (non-hydrogen) atoms. The van der Waals surface area contributed by atoms with Crippen LogP contribution in [0.15, 0.2) is 16.6 Å². The lowest BCUT2D eigenvalue weighted by atomic mass is 10.5. The van der Waals surface area contributed by atoms with Crippen molar-refractivity contribution in [2.24, 2.45) is 5.16 Å². The summed E-state index contributed by atoms with van der Waals surface area (Å²) >= 11 is 1.72. The van der Waals surface area contributed by atoms with Gasteiger partial charge in [0.05, 0.1) is 5.71 Å². The van der Waals surface area contributed by atoms with Gasteiger partial charge in [-0.25, -0.2) is 0 Å². The third-order valence-corrected chi connectivity index (χ3v) is 2.39. The molecule has 0 heterocycles. The van der Waals surface area contributed by atoms with Crippen molar-refractivity contribution in [2.45, 2.75) is 20.3 Å². The smallest absolute Gasteiger partial charge is 0.106 e. The Balaban J connectivity index is 3.53. The van der Waals surface area contributed by atoms with Gasteiger partial charge in [-0.05, 0) is 18.2 Å². The van der Waals surface area contributed by atoms with Gasteiger partial charge < -0.3 is 4.84 Å². The van der Waals surface area contributed by atoms with Gasteiger partial charge in [0.1, 0.15) is 7.11 Å². The second-order valence-corrected chi connectivity index (χ2v) is 3.34. The van der Waals surface area contributed by atoms with Crippen LogP contribution >= 0.6 is 11.8 Å². The fourth-order valence-electron chi connectivity index (χ4n) is 0.491. The van der Waals surface area contributed by atoms with Crippen LogP contribution in [0.4, 0.5) is 0 Å². The standard InChI is InChI=1S/C8H15NOS/c1-5-8(3)11-6-7(2)9-10-4/h3,5-6H2,1-2,4H3/b9-7+. The third kappa shape index (κ3) is 5.98. The van der Waals surface area contributed by atoms with Gasteiger partial charge in [-0.3, -0.25) is 0 Å². The van der Waals surface area contributed by atoms with Crippen molar-refractivity contribution in [2.75, 3.05) is 12.9 Å². The van der Waals surface area contributed by atoms with Gasteiger partial charge in [-0.2, -0.15) is 0 Å². The predicted molar refractivity (Wildman–Crippen MR) is 52.0 cm³/mol. The number of hydrogen-bond acceptors (Lipinski definition) is 3. The van der Waals surface area contributed by atoms with Gasteiger partial charge >= 0.3 is 0 Å². The van der Waals surface area contributed by atoms with Gasteiger partial charge in [-0.1, -0.05) is 18.7 Å². The molecule has 64 valence electrons. The zero-order valence-corrected chi connectivity index (χ0v) is 8.20. The van der Waals surface area contributed by atoms with E-state index in [1.807, 2.05) is 6.92 Å². The Hall–Kier alpha value is -0.440. The van der Waals surface area contributed by atoms with Gasteiger partial charge in [0.15, 0.2) is 0 Å². The summed E-state index contributed by atoms with van der Waals surface area (Å²) in [5.74, 6) is 0.876. The summed E-state index contributed by atoms with van der Waals surface area (Å²) in [4.78, 5) is 5.80. The van der Waals surface area contributed by atoms with Crippen LogP contribution < -0.4 is 0 Å². The Labute approximate surface area is 72.7 Å². The van der Waals surface area contributed by atoms with Crippen LogP contribution in [0.3, 0.4) is 0 Å². The first-order chi connectivity index (χ1) is 5.20. The van der Waals surface area contributed by atoms with E-state index in [0.717, 1.165) is 17.9 Å². The molecular formula is C8H15NOS. The van der Waals surface area contributed by atoms with Gasteiger partial charge in [-0.15, -0.1) is 11.8 Å². The second-order valence-electron chi connectivity index (χ2n) is 2.19. The largest absolute Gasteiger partial charge is 0.399 e. The zero-order chi connectivity index (χ0) is 8.69. The average Bonchev–Trinajstić information content (AvgIpc) is 2.01. The highest BCUT2D eigenvalue weighted by Crippen LogP contribution is 2.16. The van der Waals surface area contributed by atoms with Crippen LogP contribution in [0, 0.1) is 0 Å². The van der Waals surface area contributed by atoms with Crippen molar-refractivity contribution in [1.82, 2.24) is 0 Å². The average molecular weight is 173 g/mol. The van der Waals surface area contributed by atoms with E-state index in [4.69, 9.17) is 0 Å². The van der Waals surface area contributed by atoms with Crippen LogP contribution in [0.2, 0.25) is 0 Å². The minimum atomic E-state index is 0.876. The lowest BCUT2D eigenvalue weighted by Gasteiger charge is -2.00. The summed E-state index contributed by atoms with van der Waals surface area (Å²) in [5.41, 5.74) is 0.993. The molecular weight excluding hydrogens is 158 g/mol. The second kappa shape index (κ2) is 6.28. The molecule has 0 atom stereocenters. The molecule has 0 N–H and O–H groups in total. The molecule has 0 rings (SSSR count). The summed E-state index contributed by atoms with van der Waals surface area (Å²) in [6.07, 6.45) is 1.02. The lowest BCUT2D eigenvalue weighted by Crippen LogP contribution is -1.95. The Kier molecular flexibility index (Phi) is 6.03. The first kappa shape index (κ1) is 10.6. The van der Waals surface area contributed by atoms with Gasteiger partial charge in [0.2, 0.25) is 0 Å². The molecule has 0 saturated carbocycles. The van der Waals surface area contributed by atoms with E-state index in [0.29, 0.717) is 0 Å². The highest BCUT2D eigenvalue weighted by atomic mass is 32.2. The Bertz CT molecular complexity index is 154. The van der Waals surface area contributed by atoms with Crippen molar-refractivity contribution in [3.63, 3.8) is 0 Å². The molecule has 0 aliphatic carbocycles. The first-order valence-corrected chi connectivity index (χ1v) is 4.56. The molecule has 0 aliphatic rings. The molecule has 0 fully saturated rings. The first-order valence-electron chi connectivity index (χ1n) is 3.57. The SMILES string of the molecule is C=C(CC)SC/C(C)=N/OC. The van der Waals surface area contributed by atoms with Crippen LogP contribution in [-0.4, -0.2) is 18.6 Å². The maximum Gasteiger partial charge on any atom is 0.106 e. The minimum absolute atomic E-state index is 0.876. The van der Waals surface area contributed by atoms with Crippen molar-refractivity contribution in [3.05, 3.63) is 11.5 Å². The molecule has 0 bridgehead atoms. The Morgan fingerprint density at radius 3 is 2.73 bits per heavy atom. The van der Waals surface area contributed by atoms with E-state index in [1.165, 1.54) is 4.91 Å². The van der Waals surface area contributed by atoms with E-state index >= 15 is 0 Å². The summed E-state index contributed by atoms with van der Waals surface area (Å²) in [6, 6.07) is 0. The number of nitrogens with zero attached hydrogens (tertiary/aromatic N) is 1. The highest BCUT2D eigenvalue weighted by molar-refractivity contribution is 8.03. The monoisotopic (exact) mass is 173 g/mol. The maximum absolute atomic E-state index is 4.61. The molecule has 2 nitrogen and oxygen atoms in total. The Morgan fingerprint density at radius 2 is 2.27 bits per heavy atom. The maximum atomic E-state index is 4.61. The normalized spacial score (nSPS) is 11.4. The quantitative estimate of drug-likeness (QED) is 0.471. The van der Waals surface area contributed by atoms with Crippen molar-refractivity contribution in [1.29, 1.82) is 0 Å². The molecule has 0 amide bonds. The topological polar surface area (TPSA) is 21.6 Å². The predicted octanol–water partition coefficient (Wildman–Crippen LogP) is 2.67. The fraction of sp³-hybridized carbons (Fsp3) is 0.625. The van der Waals surface area contributed by atoms with Crippen molar-refractivity contribution < 1.29 is 4.84 Å². The van der Waals surface area contributed by atoms with Crippen molar-refractivity contribution >= 4 is 17.5 Å². The van der Waals surface area contributed by atoms with Gasteiger partial charge in [0.25, 0.3) is 0 Å². The molecule has 0 aromatic carbocycles. The van der Waals surface area contributed by atoms with E-state index < -0.39 is 0 Å². The van der Waals surface area contributed by atoms with E-state index in [2.05, 4.69) is 23.5 Å². The van der Waals surface area contributed by atoms with E-state index in [-0.39, 0.29) is 0 Å². The lowest BCUT2D eigenvalue weighted by molar-refractivity contribution is 0.213. The summed E-state index contributed by atoms with van der Waals surface area (Å²) in [7, 11) is 1.56. The highest BCUT2D eigenvalue weighted by Gasteiger charge is 1.94. The van der Waals surface area contributed by atoms with Crippen LogP contribution in [0.1, 0.15) is 20.3 Å². The number of oxime groups is 1. The number of allylic oxidation sites excluding steroid dienone is 1. The molecule has 0 aromatic rings. The van der Waals surface area contributed by atoms with Crippen molar-refractivity contribution in [3.8, 4) is 0 Å². The summed E-state index contributed by atoms with van der Waals surface area (Å²) in [6.45, 7) is 7.91. The molecule has 0 aromatic heterocycles. The molecule has 0 saturated heterocycles. The zero-order valence-electron chi connectivity index (χ0n) is 7.39. The van der Waals surface area contributed by atoms with Crippen LogP contribution in [-0.2, 0) is 4.84 Å². The Morgan fingerprint density at radius 1 is 1.64 bits per heavy atom. The molecule has 0 spiro atoms. The van der Waals surface area contributed by atoms with E-state index in [9.17, 15) is 0 Å². The van der Waals surface area contributed by atoms with Gasteiger partial charge in [0, 0.05) is 5.75 Å². The summed E-state index contributed by atoms with van der Waals surface area (Å²) < 4.78 is 0. The third-order valence-electron chi connectivity index (χ3n) is 1.13. The fourth-order valence-corrected chi connectivity index (χ4v) is 1.16.